The molecule has 0 aliphatic heterocycles. The maximum atomic E-state index is 12.0. The number of carbonyl (C=O) groups excluding carboxylic acids is 1. The van der Waals surface area contributed by atoms with E-state index in [1.807, 2.05) is 24.3 Å². The van der Waals surface area contributed by atoms with Gasteiger partial charge in [-0.05, 0) is 41.9 Å². The van der Waals surface area contributed by atoms with Crippen LogP contribution in [0.2, 0.25) is 5.02 Å². The smallest absolute Gasteiger partial charge is 0.251 e. The molecule has 3 rings (SSSR count). The van der Waals surface area contributed by atoms with Gasteiger partial charge in [0.1, 0.15) is 5.82 Å². The fourth-order valence-electron chi connectivity index (χ4n) is 2.10. The highest BCUT2D eigenvalue weighted by atomic mass is 35.5. The number of nitrogens with zero attached hydrogens (tertiary/aromatic N) is 1. The summed E-state index contributed by atoms with van der Waals surface area (Å²) in [6.45, 7) is 1.12. The van der Waals surface area contributed by atoms with Gasteiger partial charge in [0, 0.05) is 29.1 Å². The third-order valence-corrected chi connectivity index (χ3v) is 4.23. The molecule has 4 nitrogen and oxygen atoms in total. The van der Waals surface area contributed by atoms with Crippen LogP contribution in [0, 0.1) is 0 Å². The fraction of sp³-hybridized carbons (Fsp3) is 0.125. The van der Waals surface area contributed by atoms with Gasteiger partial charge in [-0.25, -0.2) is 0 Å². The molecule has 0 atom stereocenters. The Bertz CT molecular complexity index is 803. The number of fused-ring (bicyclic) bond motifs is 1. The van der Waals surface area contributed by atoms with Gasteiger partial charge in [-0.1, -0.05) is 29.8 Å². The Labute approximate surface area is 137 Å². The van der Waals surface area contributed by atoms with E-state index in [0.29, 0.717) is 23.7 Å². The minimum atomic E-state index is -0.132. The van der Waals surface area contributed by atoms with Crippen LogP contribution in [0.25, 0.3) is 10.1 Å². The van der Waals surface area contributed by atoms with E-state index in [2.05, 4.69) is 15.0 Å². The second kappa shape index (κ2) is 6.77. The van der Waals surface area contributed by atoms with E-state index in [1.54, 1.807) is 24.3 Å². The Morgan fingerprint density at radius 2 is 2.00 bits per heavy atom. The van der Waals surface area contributed by atoms with Gasteiger partial charge in [0.2, 0.25) is 0 Å². The summed E-state index contributed by atoms with van der Waals surface area (Å²) in [5, 5.41) is 7.76. The van der Waals surface area contributed by atoms with Crippen LogP contribution in [-0.4, -0.2) is 23.4 Å². The zero-order valence-corrected chi connectivity index (χ0v) is 13.2. The van der Waals surface area contributed by atoms with Gasteiger partial charge < -0.3 is 10.6 Å². The van der Waals surface area contributed by atoms with Crippen LogP contribution in [-0.2, 0) is 0 Å². The van der Waals surface area contributed by atoms with Crippen molar-refractivity contribution in [3.05, 3.63) is 59.1 Å². The van der Waals surface area contributed by atoms with Crippen molar-refractivity contribution >= 4 is 44.9 Å². The van der Waals surface area contributed by atoms with Crippen LogP contribution in [0.5, 0.6) is 0 Å². The van der Waals surface area contributed by atoms with Gasteiger partial charge in [-0.3, -0.25) is 4.79 Å². The number of nitrogens with one attached hydrogen (secondary N) is 2. The molecule has 112 valence electrons. The molecular weight excluding hydrogens is 318 g/mol. The fourth-order valence-corrected chi connectivity index (χ4v) is 3.05. The van der Waals surface area contributed by atoms with Crippen LogP contribution in [0.3, 0.4) is 0 Å². The predicted octanol–water partition coefficient (Wildman–Crippen LogP) is 3.79. The van der Waals surface area contributed by atoms with Gasteiger partial charge in [0.05, 0.1) is 4.70 Å². The summed E-state index contributed by atoms with van der Waals surface area (Å²) in [7, 11) is 0. The number of anilines is 1. The third kappa shape index (κ3) is 3.37. The minimum absolute atomic E-state index is 0.132. The van der Waals surface area contributed by atoms with Crippen molar-refractivity contribution in [2.75, 3.05) is 18.4 Å². The minimum Gasteiger partial charge on any atom is -0.367 e. The number of aromatic nitrogens is 1. The highest BCUT2D eigenvalue weighted by Crippen LogP contribution is 2.25. The molecule has 0 saturated carbocycles. The monoisotopic (exact) mass is 331 g/mol. The lowest BCUT2D eigenvalue weighted by Gasteiger charge is -2.07. The van der Waals surface area contributed by atoms with Gasteiger partial charge in [0.15, 0.2) is 0 Å². The Morgan fingerprint density at radius 3 is 2.86 bits per heavy atom. The normalized spacial score (nSPS) is 10.6. The molecule has 2 N–H and O–H groups in total. The number of benzene rings is 2. The number of hydrogen-bond acceptors (Lipinski definition) is 4. The summed E-state index contributed by atoms with van der Waals surface area (Å²) in [5.41, 5.74) is 0.562. The molecule has 6 heteroatoms. The van der Waals surface area contributed by atoms with E-state index in [-0.39, 0.29) is 5.91 Å². The Hall–Kier alpha value is -2.11. The van der Waals surface area contributed by atoms with Gasteiger partial charge in [-0.15, -0.1) is 0 Å². The molecule has 0 saturated heterocycles. The average molecular weight is 332 g/mol. The lowest BCUT2D eigenvalue weighted by atomic mass is 10.2. The van der Waals surface area contributed by atoms with E-state index in [4.69, 9.17) is 11.6 Å². The highest BCUT2D eigenvalue weighted by molar-refractivity contribution is 7.13. The second-order valence-corrected chi connectivity index (χ2v) is 5.96. The predicted molar refractivity (Wildman–Crippen MR) is 91.9 cm³/mol. The van der Waals surface area contributed by atoms with E-state index in [0.717, 1.165) is 15.9 Å². The number of halogens is 1. The number of rotatable bonds is 5. The van der Waals surface area contributed by atoms with Gasteiger partial charge in [0.25, 0.3) is 5.91 Å². The first-order chi connectivity index (χ1) is 10.7. The van der Waals surface area contributed by atoms with E-state index in [9.17, 15) is 4.79 Å². The summed E-state index contributed by atoms with van der Waals surface area (Å²) < 4.78 is 5.53. The molecule has 2 aromatic carbocycles. The third-order valence-electron chi connectivity index (χ3n) is 3.17. The molecule has 1 amide bonds. The molecule has 1 aromatic heterocycles. The molecule has 3 aromatic rings. The zero-order chi connectivity index (χ0) is 15.4. The topological polar surface area (TPSA) is 54.0 Å². The summed E-state index contributed by atoms with van der Waals surface area (Å²) in [6, 6.07) is 15.0. The first kappa shape index (κ1) is 14.8. The lowest BCUT2D eigenvalue weighted by Crippen LogP contribution is -2.28. The van der Waals surface area contributed by atoms with Gasteiger partial charge in [-0.2, -0.15) is 4.37 Å². The molecule has 0 unspecified atom stereocenters. The van der Waals surface area contributed by atoms with Gasteiger partial charge >= 0.3 is 0 Å². The summed E-state index contributed by atoms with van der Waals surface area (Å²) >= 11 is 7.34. The SMILES string of the molecule is O=C(NCCNc1nsc2ccccc12)c1cccc(Cl)c1. The van der Waals surface area contributed by atoms with Crippen molar-refractivity contribution in [3.8, 4) is 0 Å². The first-order valence-electron chi connectivity index (χ1n) is 6.86. The molecule has 0 fully saturated rings. The lowest BCUT2D eigenvalue weighted by molar-refractivity contribution is 0.0955. The molecule has 0 spiro atoms. The first-order valence-corrected chi connectivity index (χ1v) is 8.01. The average Bonchev–Trinajstić information content (AvgIpc) is 2.95. The molecule has 0 radical (unpaired) electrons. The maximum Gasteiger partial charge on any atom is 0.251 e. The second-order valence-electron chi connectivity index (χ2n) is 4.72. The van der Waals surface area contributed by atoms with Crippen LogP contribution < -0.4 is 10.6 Å². The summed E-state index contributed by atoms with van der Waals surface area (Å²) in [5.74, 6) is 0.727. The maximum absolute atomic E-state index is 12.0. The molecule has 1 heterocycles. The van der Waals surface area contributed by atoms with Crippen LogP contribution >= 0.6 is 23.1 Å². The Balaban J connectivity index is 1.52. The van der Waals surface area contributed by atoms with Crippen LogP contribution in [0.15, 0.2) is 48.5 Å². The van der Waals surface area contributed by atoms with Crippen molar-refractivity contribution in [2.45, 2.75) is 0 Å². The Morgan fingerprint density at radius 1 is 1.14 bits per heavy atom. The standard InChI is InChI=1S/C16H14ClN3OS/c17-12-5-3-4-11(10-12)16(21)19-9-8-18-15-13-6-1-2-7-14(13)22-20-15/h1-7,10H,8-9H2,(H,18,20)(H,19,21). The quantitative estimate of drug-likeness (QED) is 0.699. The largest absolute Gasteiger partial charge is 0.367 e. The molecule has 0 bridgehead atoms. The number of amides is 1. The van der Waals surface area contributed by atoms with Crippen molar-refractivity contribution < 1.29 is 4.79 Å². The molecule has 0 aliphatic carbocycles. The van der Waals surface area contributed by atoms with Crippen molar-refractivity contribution in [1.29, 1.82) is 0 Å². The Kier molecular flexibility index (Phi) is 4.56. The molecule has 0 aliphatic rings. The molecular formula is C16H14ClN3OS. The van der Waals surface area contributed by atoms with Crippen molar-refractivity contribution in [3.63, 3.8) is 0 Å². The van der Waals surface area contributed by atoms with Crippen LogP contribution in [0.4, 0.5) is 5.82 Å². The van der Waals surface area contributed by atoms with E-state index < -0.39 is 0 Å². The van der Waals surface area contributed by atoms with Crippen molar-refractivity contribution in [1.82, 2.24) is 9.69 Å². The van der Waals surface area contributed by atoms with Crippen molar-refractivity contribution in [2.24, 2.45) is 0 Å². The summed E-state index contributed by atoms with van der Waals surface area (Å²) in [6.07, 6.45) is 0. The zero-order valence-electron chi connectivity index (χ0n) is 11.7. The van der Waals surface area contributed by atoms with Crippen LogP contribution in [0.1, 0.15) is 10.4 Å². The number of carbonyl (C=O) groups is 1. The van der Waals surface area contributed by atoms with E-state index >= 15 is 0 Å². The van der Waals surface area contributed by atoms with E-state index in [1.165, 1.54) is 11.5 Å². The summed E-state index contributed by atoms with van der Waals surface area (Å²) in [4.78, 5) is 12.0. The highest BCUT2D eigenvalue weighted by Gasteiger charge is 2.06. The molecule has 22 heavy (non-hydrogen) atoms. The number of hydrogen-bond donors (Lipinski definition) is 2.